The van der Waals surface area contributed by atoms with Crippen molar-refractivity contribution >= 4 is 23.1 Å². The second kappa shape index (κ2) is 5.67. The Morgan fingerprint density at radius 3 is 2.58 bits per heavy atom. The summed E-state index contributed by atoms with van der Waals surface area (Å²) in [4.78, 5) is 14.4. The molecule has 98 valence electrons. The number of rotatable bonds is 4. The van der Waals surface area contributed by atoms with Gasteiger partial charge in [0.1, 0.15) is 5.15 Å². The minimum atomic E-state index is -0.483. The van der Waals surface area contributed by atoms with Gasteiger partial charge >= 0.3 is 5.69 Å². The lowest BCUT2D eigenvalue weighted by molar-refractivity contribution is -0.384. The zero-order valence-corrected chi connectivity index (χ0v) is 11.0. The van der Waals surface area contributed by atoms with Gasteiger partial charge in [0.05, 0.1) is 11.0 Å². The van der Waals surface area contributed by atoms with Crippen LogP contribution in [0.4, 0.5) is 11.5 Å². The van der Waals surface area contributed by atoms with E-state index in [1.54, 1.807) is 0 Å². The Balaban J connectivity index is 2.28. The molecule has 0 aliphatic heterocycles. The highest BCUT2D eigenvalue weighted by Gasteiger charge is 2.17. The van der Waals surface area contributed by atoms with E-state index < -0.39 is 4.92 Å². The number of nitro groups is 1. The first-order valence-electron chi connectivity index (χ1n) is 5.70. The Labute approximate surface area is 115 Å². The van der Waals surface area contributed by atoms with Gasteiger partial charge in [-0.3, -0.25) is 10.1 Å². The van der Waals surface area contributed by atoms with Gasteiger partial charge in [0.15, 0.2) is 0 Å². The van der Waals surface area contributed by atoms with Crippen LogP contribution in [0.1, 0.15) is 18.5 Å². The second-order valence-corrected chi connectivity index (χ2v) is 4.42. The summed E-state index contributed by atoms with van der Waals surface area (Å²) in [5.41, 5.74) is 0.922. The Morgan fingerprint density at radius 2 is 1.95 bits per heavy atom. The van der Waals surface area contributed by atoms with Crippen molar-refractivity contribution in [3.8, 4) is 0 Å². The molecule has 2 aromatic rings. The smallest absolute Gasteiger partial charge is 0.311 e. The molecular weight excluding hydrogens is 266 g/mol. The van der Waals surface area contributed by atoms with Gasteiger partial charge in [-0.2, -0.15) is 0 Å². The van der Waals surface area contributed by atoms with Crippen LogP contribution in [0.2, 0.25) is 5.15 Å². The molecule has 1 atom stereocenters. The first kappa shape index (κ1) is 13.3. The molecule has 5 nitrogen and oxygen atoms in total. The van der Waals surface area contributed by atoms with Crippen molar-refractivity contribution < 1.29 is 4.92 Å². The molecule has 0 radical (unpaired) electrons. The van der Waals surface area contributed by atoms with Gasteiger partial charge in [0.25, 0.3) is 0 Å². The number of anilines is 1. The minimum absolute atomic E-state index is 0.0906. The molecule has 0 spiro atoms. The van der Waals surface area contributed by atoms with Crippen LogP contribution in [0.25, 0.3) is 0 Å². The quantitative estimate of drug-likeness (QED) is 0.524. The summed E-state index contributed by atoms with van der Waals surface area (Å²) in [6, 6.07) is 12.2. The molecule has 19 heavy (non-hydrogen) atoms. The fourth-order valence-electron chi connectivity index (χ4n) is 1.71. The molecule has 6 heteroatoms. The third-order valence-corrected chi connectivity index (χ3v) is 2.90. The Bertz CT molecular complexity index is 590. The highest BCUT2D eigenvalue weighted by Crippen LogP contribution is 2.27. The first-order chi connectivity index (χ1) is 9.08. The predicted molar refractivity (Wildman–Crippen MR) is 74.4 cm³/mol. The van der Waals surface area contributed by atoms with E-state index in [1.165, 1.54) is 12.1 Å². The van der Waals surface area contributed by atoms with Crippen molar-refractivity contribution in [1.29, 1.82) is 0 Å². The molecular formula is C13H12ClN3O2. The van der Waals surface area contributed by atoms with Crippen LogP contribution in [0.15, 0.2) is 42.5 Å². The van der Waals surface area contributed by atoms with Crippen molar-refractivity contribution in [3.63, 3.8) is 0 Å². The molecule has 0 saturated heterocycles. The molecule has 1 heterocycles. The maximum absolute atomic E-state index is 10.9. The van der Waals surface area contributed by atoms with Crippen molar-refractivity contribution in [1.82, 2.24) is 4.98 Å². The zero-order valence-electron chi connectivity index (χ0n) is 10.2. The lowest BCUT2D eigenvalue weighted by Gasteiger charge is -2.14. The topological polar surface area (TPSA) is 68.1 Å². The number of aromatic nitrogens is 1. The summed E-state index contributed by atoms with van der Waals surface area (Å²) in [5, 5.41) is 14.2. The fraction of sp³-hybridized carbons (Fsp3) is 0.154. The van der Waals surface area contributed by atoms with Gasteiger partial charge in [0.2, 0.25) is 5.82 Å². The number of pyridine rings is 1. The molecule has 0 fully saturated rings. The second-order valence-electron chi connectivity index (χ2n) is 4.04. The third-order valence-electron chi connectivity index (χ3n) is 2.69. The summed E-state index contributed by atoms with van der Waals surface area (Å²) in [6.45, 7) is 1.90. The third kappa shape index (κ3) is 3.20. The van der Waals surface area contributed by atoms with Crippen LogP contribution in [0.5, 0.6) is 0 Å². The van der Waals surface area contributed by atoms with Gasteiger partial charge < -0.3 is 5.32 Å². The van der Waals surface area contributed by atoms with Crippen LogP contribution in [-0.4, -0.2) is 9.91 Å². The van der Waals surface area contributed by atoms with Gasteiger partial charge in [-0.05, 0) is 18.6 Å². The minimum Gasteiger partial charge on any atom is -0.358 e. The SMILES string of the molecule is CC(Nc1nc(Cl)ccc1[N+](=O)[O-])c1ccccc1. The first-order valence-corrected chi connectivity index (χ1v) is 6.08. The maximum Gasteiger partial charge on any atom is 0.311 e. The van der Waals surface area contributed by atoms with Crippen LogP contribution in [0, 0.1) is 10.1 Å². The number of nitrogens with zero attached hydrogens (tertiary/aromatic N) is 2. The largest absolute Gasteiger partial charge is 0.358 e. The number of nitrogens with one attached hydrogen (secondary N) is 1. The summed E-state index contributed by atoms with van der Waals surface area (Å²) >= 11 is 5.78. The van der Waals surface area contributed by atoms with Crippen LogP contribution in [-0.2, 0) is 0 Å². The standard InChI is InChI=1S/C13H12ClN3O2/c1-9(10-5-3-2-4-6-10)15-13-11(17(18)19)7-8-12(14)16-13/h2-9H,1H3,(H,15,16). The lowest BCUT2D eigenvalue weighted by Crippen LogP contribution is -2.09. The van der Waals surface area contributed by atoms with Gasteiger partial charge in [-0.15, -0.1) is 0 Å². The number of halogens is 1. The van der Waals surface area contributed by atoms with E-state index in [2.05, 4.69) is 10.3 Å². The summed E-state index contributed by atoms with van der Waals surface area (Å²) in [7, 11) is 0. The van der Waals surface area contributed by atoms with Crippen molar-refractivity contribution in [3.05, 3.63) is 63.3 Å². The molecule has 0 aliphatic rings. The average Bonchev–Trinajstić information content (AvgIpc) is 2.39. The molecule has 0 amide bonds. The molecule has 1 aromatic heterocycles. The molecule has 2 rings (SSSR count). The zero-order chi connectivity index (χ0) is 13.8. The maximum atomic E-state index is 10.9. The van der Waals surface area contributed by atoms with Crippen LogP contribution >= 0.6 is 11.6 Å². The fourth-order valence-corrected chi connectivity index (χ4v) is 1.86. The normalized spacial score (nSPS) is 11.9. The average molecular weight is 278 g/mol. The lowest BCUT2D eigenvalue weighted by atomic mass is 10.1. The molecule has 1 aromatic carbocycles. The molecule has 0 bridgehead atoms. The molecule has 0 aliphatic carbocycles. The Hall–Kier alpha value is -2.14. The van der Waals surface area contributed by atoms with E-state index >= 15 is 0 Å². The van der Waals surface area contributed by atoms with E-state index in [1.807, 2.05) is 37.3 Å². The Morgan fingerprint density at radius 1 is 1.26 bits per heavy atom. The van der Waals surface area contributed by atoms with Gasteiger partial charge in [-0.25, -0.2) is 4.98 Å². The Kier molecular flexibility index (Phi) is 3.97. The van der Waals surface area contributed by atoms with E-state index in [9.17, 15) is 10.1 Å². The monoisotopic (exact) mass is 277 g/mol. The number of hydrogen-bond acceptors (Lipinski definition) is 4. The predicted octanol–water partition coefficient (Wildman–Crippen LogP) is 3.82. The highest BCUT2D eigenvalue weighted by molar-refractivity contribution is 6.29. The van der Waals surface area contributed by atoms with Gasteiger partial charge in [-0.1, -0.05) is 41.9 Å². The number of hydrogen-bond donors (Lipinski definition) is 1. The number of benzene rings is 1. The van der Waals surface area contributed by atoms with Crippen molar-refractivity contribution in [2.24, 2.45) is 0 Å². The van der Waals surface area contributed by atoms with E-state index in [0.717, 1.165) is 5.56 Å². The van der Waals surface area contributed by atoms with Crippen molar-refractivity contribution in [2.75, 3.05) is 5.32 Å². The molecule has 0 saturated carbocycles. The van der Waals surface area contributed by atoms with Crippen LogP contribution < -0.4 is 5.32 Å². The molecule has 1 unspecified atom stereocenters. The van der Waals surface area contributed by atoms with Crippen LogP contribution in [0.3, 0.4) is 0 Å². The molecule has 1 N–H and O–H groups in total. The van der Waals surface area contributed by atoms with E-state index in [0.29, 0.717) is 0 Å². The summed E-state index contributed by atoms with van der Waals surface area (Å²) in [6.07, 6.45) is 0. The van der Waals surface area contributed by atoms with E-state index in [4.69, 9.17) is 11.6 Å². The summed E-state index contributed by atoms with van der Waals surface area (Å²) in [5.74, 6) is 0.175. The summed E-state index contributed by atoms with van der Waals surface area (Å²) < 4.78 is 0. The van der Waals surface area contributed by atoms with Crippen molar-refractivity contribution in [2.45, 2.75) is 13.0 Å². The highest BCUT2D eigenvalue weighted by atomic mass is 35.5. The van der Waals surface area contributed by atoms with E-state index in [-0.39, 0.29) is 22.7 Å². The van der Waals surface area contributed by atoms with Gasteiger partial charge in [0, 0.05) is 6.07 Å².